The van der Waals surface area contributed by atoms with E-state index in [0.717, 1.165) is 0 Å². The molecule has 15 heavy (non-hydrogen) atoms. The minimum absolute atomic E-state index is 0.0349. The number of nitro groups is 1. The van der Waals surface area contributed by atoms with Crippen LogP contribution in [0.2, 0.25) is 0 Å². The zero-order valence-electron chi connectivity index (χ0n) is 8.14. The first-order chi connectivity index (χ1) is 7.10. The van der Waals surface area contributed by atoms with Crippen molar-refractivity contribution in [2.45, 2.75) is 6.42 Å². The van der Waals surface area contributed by atoms with Crippen molar-refractivity contribution in [3.8, 4) is 11.5 Å². The summed E-state index contributed by atoms with van der Waals surface area (Å²) >= 11 is 0. The van der Waals surface area contributed by atoms with Crippen LogP contribution in [0.15, 0.2) is 12.1 Å². The zero-order chi connectivity index (χ0) is 11.4. The van der Waals surface area contributed by atoms with Gasteiger partial charge in [0.2, 0.25) is 5.75 Å². The molecule has 6 heteroatoms. The van der Waals surface area contributed by atoms with Gasteiger partial charge in [0.05, 0.1) is 12.0 Å². The molecular formula is C9H11NO5. The Kier molecular flexibility index (Phi) is 3.46. The minimum Gasteiger partial charge on any atom is -0.500 e. The summed E-state index contributed by atoms with van der Waals surface area (Å²) in [4.78, 5) is 9.88. The molecule has 1 rings (SSSR count). The number of hydrogen-bond donors (Lipinski definition) is 2. The molecule has 0 aliphatic heterocycles. The topological polar surface area (TPSA) is 92.8 Å². The molecule has 0 saturated carbocycles. The first-order valence-corrected chi connectivity index (χ1v) is 4.25. The van der Waals surface area contributed by atoms with Crippen LogP contribution in [0.3, 0.4) is 0 Å². The van der Waals surface area contributed by atoms with E-state index in [2.05, 4.69) is 0 Å². The standard InChI is InChI=1S/C9H11NO5/c1-15-8-5-6(2-3-11)4-7(9(8)12)10(13)14/h4-5,11-12H,2-3H2,1H3. The molecule has 0 amide bonds. The highest BCUT2D eigenvalue weighted by atomic mass is 16.6. The number of methoxy groups -OCH3 is 1. The van der Waals surface area contributed by atoms with Gasteiger partial charge < -0.3 is 14.9 Å². The highest BCUT2D eigenvalue weighted by Crippen LogP contribution is 2.36. The van der Waals surface area contributed by atoms with Crippen molar-refractivity contribution in [3.05, 3.63) is 27.8 Å². The number of ether oxygens (including phenoxy) is 1. The lowest BCUT2D eigenvalue weighted by Gasteiger charge is -2.06. The van der Waals surface area contributed by atoms with Crippen molar-refractivity contribution in [2.75, 3.05) is 13.7 Å². The summed E-state index contributed by atoms with van der Waals surface area (Å²) in [6.07, 6.45) is 0.275. The van der Waals surface area contributed by atoms with Gasteiger partial charge in [-0.3, -0.25) is 10.1 Å². The predicted molar refractivity (Wildman–Crippen MR) is 52.1 cm³/mol. The van der Waals surface area contributed by atoms with Crippen LogP contribution in [0.25, 0.3) is 0 Å². The molecule has 0 heterocycles. The average Bonchev–Trinajstić information content (AvgIpc) is 2.20. The molecular weight excluding hydrogens is 202 g/mol. The molecule has 0 aromatic heterocycles. The summed E-state index contributed by atoms with van der Waals surface area (Å²) in [7, 11) is 1.31. The monoisotopic (exact) mass is 213 g/mol. The highest BCUT2D eigenvalue weighted by Gasteiger charge is 2.19. The Bertz CT molecular complexity index is 377. The third-order valence-corrected chi connectivity index (χ3v) is 1.93. The van der Waals surface area contributed by atoms with Gasteiger partial charge in [-0.15, -0.1) is 0 Å². The minimum atomic E-state index is -0.696. The van der Waals surface area contributed by atoms with E-state index < -0.39 is 16.4 Å². The van der Waals surface area contributed by atoms with Gasteiger partial charge in [0.15, 0.2) is 5.75 Å². The highest BCUT2D eigenvalue weighted by molar-refractivity contribution is 5.57. The number of nitro benzene ring substituents is 1. The Morgan fingerprint density at radius 2 is 2.20 bits per heavy atom. The maximum Gasteiger partial charge on any atom is 0.314 e. The van der Waals surface area contributed by atoms with Crippen molar-refractivity contribution in [2.24, 2.45) is 0 Å². The number of aliphatic hydroxyl groups is 1. The molecule has 0 unspecified atom stereocenters. The third kappa shape index (κ3) is 2.35. The lowest BCUT2D eigenvalue weighted by Crippen LogP contribution is -1.97. The summed E-state index contributed by atoms with van der Waals surface area (Å²) in [6, 6.07) is 2.67. The van der Waals surface area contributed by atoms with E-state index in [0.29, 0.717) is 5.56 Å². The Morgan fingerprint density at radius 1 is 1.53 bits per heavy atom. The first kappa shape index (κ1) is 11.3. The number of aliphatic hydroxyl groups excluding tert-OH is 1. The molecule has 82 valence electrons. The van der Waals surface area contributed by atoms with Gasteiger partial charge in [-0.1, -0.05) is 0 Å². The molecule has 0 saturated heterocycles. The van der Waals surface area contributed by atoms with Gasteiger partial charge in [-0.2, -0.15) is 0 Å². The van der Waals surface area contributed by atoms with Crippen LogP contribution in [0, 0.1) is 10.1 Å². The zero-order valence-corrected chi connectivity index (χ0v) is 8.14. The molecule has 0 aliphatic rings. The smallest absolute Gasteiger partial charge is 0.314 e. The molecule has 0 aliphatic carbocycles. The Labute approximate surface area is 85.9 Å². The van der Waals surface area contributed by atoms with E-state index in [1.165, 1.54) is 19.2 Å². The molecule has 0 radical (unpaired) electrons. The van der Waals surface area contributed by atoms with Crippen molar-refractivity contribution < 1.29 is 19.9 Å². The molecule has 6 nitrogen and oxygen atoms in total. The molecule has 0 fully saturated rings. The van der Waals surface area contributed by atoms with E-state index in [1.807, 2.05) is 0 Å². The van der Waals surface area contributed by atoms with E-state index in [4.69, 9.17) is 9.84 Å². The van der Waals surface area contributed by atoms with Gasteiger partial charge in [-0.05, 0) is 18.1 Å². The quantitative estimate of drug-likeness (QED) is 0.571. The van der Waals surface area contributed by atoms with Crippen LogP contribution in [0.1, 0.15) is 5.56 Å². The molecule has 2 N–H and O–H groups in total. The Hall–Kier alpha value is -1.82. The fourth-order valence-electron chi connectivity index (χ4n) is 1.22. The largest absolute Gasteiger partial charge is 0.500 e. The lowest BCUT2D eigenvalue weighted by atomic mass is 10.1. The summed E-state index contributed by atoms with van der Waals surface area (Å²) < 4.78 is 4.79. The van der Waals surface area contributed by atoms with Crippen molar-refractivity contribution >= 4 is 5.69 Å². The van der Waals surface area contributed by atoms with Crippen LogP contribution in [-0.2, 0) is 6.42 Å². The van der Waals surface area contributed by atoms with Crippen LogP contribution in [-0.4, -0.2) is 28.9 Å². The summed E-state index contributed by atoms with van der Waals surface area (Å²) in [5.74, 6) is -0.461. The lowest BCUT2D eigenvalue weighted by molar-refractivity contribution is -0.386. The van der Waals surface area contributed by atoms with E-state index >= 15 is 0 Å². The molecule has 0 bridgehead atoms. The van der Waals surface area contributed by atoms with Crippen LogP contribution in [0.4, 0.5) is 5.69 Å². The van der Waals surface area contributed by atoms with E-state index in [-0.39, 0.29) is 18.8 Å². The fraction of sp³-hybridized carbons (Fsp3) is 0.333. The molecule has 1 aromatic rings. The molecule has 0 spiro atoms. The van der Waals surface area contributed by atoms with Crippen molar-refractivity contribution in [1.29, 1.82) is 0 Å². The Morgan fingerprint density at radius 3 is 2.67 bits per heavy atom. The SMILES string of the molecule is COc1cc(CCO)cc([N+](=O)[O-])c1O. The van der Waals surface area contributed by atoms with Gasteiger partial charge in [0, 0.05) is 12.7 Å². The molecule has 0 atom stereocenters. The van der Waals surface area contributed by atoms with E-state index in [9.17, 15) is 15.2 Å². The maximum atomic E-state index is 10.6. The number of phenolic OH excluding ortho intramolecular Hbond substituents is 1. The summed E-state index contributed by atoms with van der Waals surface area (Å²) in [5.41, 5.74) is 0.122. The normalized spacial score (nSPS) is 10.0. The number of phenols is 1. The first-order valence-electron chi connectivity index (χ1n) is 4.25. The Balaban J connectivity index is 3.25. The number of rotatable bonds is 4. The fourth-order valence-corrected chi connectivity index (χ4v) is 1.22. The number of aromatic hydroxyl groups is 1. The maximum absolute atomic E-state index is 10.6. The second-order valence-corrected chi connectivity index (χ2v) is 2.90. The number of benzene rings is 1. The van der Waals surface area contributed by atoms with Crippen LogP contribution < -0.4 is 4.74 Å². The van der Waals surface area contributed by atoms with E-state index in [1.54, 1.807) is 0 Å². The second-order valence-electron chi connectivity index (χ2n) is 2.90. The van der Waals surface area contributed by atoms with Gasteiger partial charge in [0.1, 0.15) is 0 Å². The van der Waals surface area contributed by atoms with Crippen LogP contribution in [0.5, 0.6) is 11.5 Å². The summed E-state index contributed by atoms with van der Waals surface area (Å²) in [5, 5.41) is 28.7. The second kappa shape index (κ2) is 4.61. The van der Waals surface area contributed by atoms with Crippen molar-refractivity contribution in [1.82, 2.24) is 0 Å². The van der Waals surface area contributed by atoms with Gasteiger partial charge in [0.25, 0.3) is 0 Å². The third-order valence-electron chi connectivity index (χ3n) is 1.93. The predicted octanol–water partition coefficient (Wildman–Crippen LogP) is 0.844. The van der Waals surface area contributed by atoms with Crippen molar-refractivity contribution in [3.63, 3.8) is 0 Å². The number of nitrogens with zero attached hydrogens (tertiary/aromatic N) is 1. The van der Waals surface area contributed by atoms with Gasteiger partial charge in [-0.25, -0.2) is 0 Å². The number of hydrogen-bond acceptors (Lipinski definition) is 5. The summed E-state index contributed by atoms with van der Waals surface area (Å²) in [6.45, 7) is -0.120. The van der Waals surface area contributed by atoms with Gasteiger partial charge >= 0.3 is 5.69 Å². The molecule has 1 aromatic carbocycles. The van der Waals surface area contributed by atoms with Crippen LogP contribution >= 0.6 is 0 Å². The average molecular weight is 213 g/mol.